The first-order valence-electron chi connectivity index (χ1n) is 21.8. The van der Waals surface area contributed by atoms with E-state index in [9.17, 15) is 44.1 Å². The quantitative estimate of drug-likeness (QED) is 0.0895. The number of alkyl carbamates (subject to hydrolysis) is 1. The van der Waals surface area contributed by atoms with Gasteiger partial charge in [0.25, 0.3) is 0 Å². The van der Waals surface area contributed by atoms with Crippen LogP contribution in [-0.2, 0) is 47.5 Å². The van der Waals surface area contributed by atoms with Gasteiger partial charge in [-0.05, 0) is 61.7 Å². The Labute approximate surface area is 385 Å². The molecule has 0 radical (unpaired) electrons. The van der Waals surface area contributed by atoms with E-state index in [0.717, 1.165) is 6.92 Å². The zero-order valence-corrected chi connectivity index (χ0v) is 37.7. The number of nitrogens with one attached hydrogen (secondary N) is 1. The summed E-state index contributed by atoms with van der Waals surface area (Å²) in [5.41, 5.74) is -8.04. The van der Waals surface area contributed by atoms with Crippen molar-refractivity contribution in [3.8, 4) is 0 Å². The molecule has 2 saturated carbocycles. The van der Waals surface area contributed by atoms with E-state index >= 15 is 4.79 Å². The van der Waals surface area contributed by atoms with Gasteiger partial charge in [0, 0.05) is 25.2 Å². The molecule has 4 aliphatic rings. The van der Waals surface area contributed by atoms with Gasteiger partial charge in [0.15, 0.2) is 23.6 Å². The third-order valence-corrected chi connectivity index (χ3v) is 13.8. The lowest BCUT2D eigenvalue weighted by Crippen LogP contribution is -2.82. The molecule has 0 aromatic heterocycles. The average molecular weight is 928 g/mol. The van der Waals surface area contributed by atoms with Crippen LogP contribution in [0.1, 0.15) is 86.7 Å². The minimum Gasteiger partial charge on any atom is -0.456 e. The number of carbonyl (C=O) groups excluding carboxylic acids is 7. The maximum atomic E-state index is 15.6. The molecule has 67 heavy (non-hydrogen) atoms. The highest BCUT2D eigenvalue weighted by molar-refractivity contribution is 5.97. The van der Waals surface area contributed by atoms with E-state index in [4.69, 9.17) is 33.2 Å². The Morgan fingerprint density at radius 2 is 1.43 bits per heavy atom. The van der Waals surface area contributed by atoms with Crippen LogP contribution >= 0.6 is 0 Å². The van der Waals surface area contributed by atoms with Crippen molar-refractivity contribution in [3.63, 3.8) is 0 Å². The van der Waals surface area contributed by atoms with Crippen LogP contribution < -0.4 is 5.32 Å². The van der Waals surface area contributed by atoms with Crippen LogP contribution in [0, 0.1) is 16.7 Å². The summed E-state index contributed by atoms with van der Waals surface area (Å²) in [4.78, 5) is 96.8. The number of carbonyl (C=O) groups is 7. The molecule has 18 heteroatoms. The minimum absolute atomic E-state index is 0.0270. The number of esters is 4. The predicted molar refractivity (Wildman–Crippen MR) is 231 cm³/mol. The molecule has 7 rings (SSSR count). The lowest BCUT2D eigenvalue weighted by atomic mass is 9.44. The predicted octanol–water partition coefficient (Wildman–Crippen LogP) is 4.48. The van der Waals surface area contributed by atoms with E-state index in [1.54, 1.807) is 54.6 Å². The first kappa shape index (κ1) is 48.5. The van der Waals surface area contributed by atoms with Gasteiger partial charge in [-0.1, -0.05) is 80.6 Å². The van der Waals surface area contributed by atoms with E-state index in [1.807, 2.05) is 0 Å². The molecule has 4 N–H and O–H groups in total. The Morgan fingerprint density at radius 3 is 1.99 bits per heavy atom. The fourth-order valence-corrected chi connectivity index (χ4v) is 10.3. The van der Waals surface area contributed by atoms with Crippen molar-refractivity contribution in [1.82, 2.24) is 5.32 Å². The second-order valence-electron chi connectivity index (χ2n) is 17.9. The van der Waals surface area contributed by atoms with Gasteiger partial charge in [0.2, 0.25) is 0 Å². The number of Topliss-reactive ketones (excluding diaryl/α,β-unsaturated/α-hetero) is 1. The van der Waals surface area contributed by atoms with Crippen molar-refractivity contribution >= 4 is 41.9 Å². The fraction of sp³-hybridized carbons (Fsp3) is 0.449. The van der Waals surface area contributed by atoms with E-state index in [2.05, 4.69) is 5.32 Å². The molecular weight excluding hydrogens is 875 g/mol. The third-order valence-electron chi connectivity index (χ3n) is 13.8. The normalized spacial score (nSPS) is 30.2. The Balaban J connectivity index is 1.36. The Hall–Kier alpha value is -6.47. The van der Waals surface area contributed by atoms with Crippen molar-refractivity contribution in [2.45, 2.75) is 108 Å². The number of hydrogen-bond acceptors (Lipinski definition) is 17. The molecule has 3 aromatic rings. The van der Waals surface area contributed by atoms with E-state index in [-0.39, 0.29) is 47.5 Å². The highest BCUT2D eigenvalue weighted by Crippen LogP contribution is 2.64. The van der Waals surface area contributed by atoms with Gasteiger partial charge in [0.05, 0.1) is 47.8 Å². The Morgan fingerprint density at radius 1 is 0.851 bits per heavy atom. The summed E-state index contributed by atoms with van der Waals surface area (Å²) < 4.78 is 40.3. The number of ketones is 1. The van der Waals surface area contributed by atoms with Gasteiger partial charge < -0.3 is 53.8 Å². The van der Waals surface area contributed by atoms with Gasteiger partial charge in [-0.3, -0.25) is 9.59 Å². The summed E-state index contributed by atoms with van der Waals surface area (Å²) in [5, 5.41) is 40.0. The van der Waals surface area contributed by atoms with E-state index < -0.39 is 119 Å². The number of hydrogen-bond donors (Lipinski definition) is 4. The molecule has 1 heterocycles. The van der Waals surface area contributed by atoms with Gasteiger partial charge in [-0.2, -0.15) is 0 Å². The first-order valence-corrected chi connectivity index (χ1v) is 21.8. The third kappa shape index (κ3) is 8.58. The second kappa shape index (κ2) is 18.7. The minimum atomic E-state index is -2.49. The van der Waals surface area contributed by atoms with Gasteiger partial charge >= 0.3 is 36.1 Å². The van der Waals surface area contributed by atoms with Gasteiger partial charge in [-0.25, -0.2) is 24.0 Å². The summed E-state index contributed by atoms with van der Waals surface area (Å²) in [6.07, 6.45) is -14.0. The summed E-state index contributed by atoms with van der Waals surface area (Å²) in [6, 6.07) is 21.5. The molecule has 2 bridgehead atoms. The largest absolute Gasteiger partial charge is 0.509 e. The van der Waals surface area contributed by atoms with Crippen molar-refractivity contribution in [3.05, 3.63) is 119 Å². The molecule has 1 unspecified atom stereocenters. The average Bonchev–Trinajstić information content (AvgIpc) is 3.29. The number of fused-ring (bicyclic) bond motifs is 5. The molecule has 18 nitrogen and oxygen atoms in total. The summed E-state index contributed by atoms with van der Waals surface area (Å²) in [7, 11) is 0. The first-order chi connectivity index (χ1) is 31.7. The Kier molecular flexibility index (Phi) is 13.5. The number of ether oxygens (including phenoxy) is 7. The number of rotatable bonds is 11. The SMILES string of the molecule is CCOC(=O)O[C@H]1C(=O)[C@@]2(C)C([C@H](OC(=O)c3ccccc3)[C@]3(O)C[C@H](OC(=O)[C@H](O)[C@@H](NC(=O)OC(=O)c4ccccc4)c4ccccc4)C(C)=C1C3(C)C)[C@]1(OC(C)=O)CO[C@@H]1C[C@@H]2O. The van der Waals surface area contributed by atoms with Crippen LogP contribution in [0.2, 0.25) is 0 Å². The maximum Gasteiger partial charge on any atom is 0.509 e. The molecule has 3 aromatic carbocycles. The van der Waals surface area contributed by atoms with Gasteiger partial charge in [-0.15, -0.1) is 0 Å². The van der Waals surface area contributed by atoms with Crippen molar-refractivity contribution in [2.75, 3.05) is 13.2 Å². The van der Waals surface area contributed by atoms with Crippen molar-refractivity contribution < 1.29 is 82.0 Å². The molecule has 0 spiro atoms. The number of amides is 1. The fourth-order valence-electron chi connectivity index (χ4n) is 10.3. The van der Waals surface area contributed by atoms with Crippen LogP contribution in [0.5, 0.6) is 0 Å². The zero-order valence-electron chi connectivity index (χ0n) is 37.7. The summed E-state index contributed by atoms with van der Waals surface area (Å²) in [5.74, 6) is -6.79. The maximum absolute atomic E-state index is 15.6. The van der Waals surface area contributed by atoms with Crippen molar-refractivity contribution in [2.24, 2.45) is 16.7 Å². The molecule has 3 fully saturated rings. The highest BCUT2D eigenvalue weighted by atomic mass is 16.7. The lowest BCUT2D eigenvalue weighted by Gasteiger charge is -2.67. The molecule has 1 saturated heterocycles. The van der Waals surface area contributed by atoms with Crippen molar-refractivity contribution in [1.29, 1.82) is 0 Å². The molecule has 1 amide bonds. The van der Waals surface area contributed by atoms with Crippen LogP contribution in [0.4, 0.5) is 9.59 Å². The summed E-state index contributed by atoms with van der Waals surface area (Å²) >= 11 is 0. The van der Waals surface area contributed by atoms with Crippen LogP contribution in [0.3, 0.4) is 0 Å². The monoisotopic (exact) mass is 927 g/mol. The molecular formula is C49H53NO17. The Bertz CT molecular complexity index is 2440. The summed E-state index contributed by atoms with van der Waals surface area (Å²) in [6.45, 7) is 7.90. The van der Waals surface area contributed by atoms with E-state index in [1.165, 1.54) is 71.0 Å². The zero-order chi connectivity index (χ0) is 48.6. The molecule has 11 atom stereocenters. The second-order valence-corrected chi connectivity index (χ2v) is 17.9. The van der Waals surface area contributed by atoms with Crippen LogP contribution in [-0.4, -0.2) is 118 Å². The smallest absolute Gasteiger partial charge is 0.456 e. The highest BCUT2D eigenvalue weighted by Gasteiger charge is 2.78. The van der Waals surface area contributed by atoms with Crippen LogP contribution in [0.15, 0.2) is 102 Å². The standard InChI is InChI=1S/C49H53NO17/c1-7-61-45(59)64-37-34-26(2)31(63-43(57)36(53)35(28-17-11-8-12-18-28)50-44(58)66-42(56)30-21-15-10-16-22-30)24-49(60,46(34,4)5)40(65-41(55)29-19-13-9-14-20-29)38-47(6,39(37)54)32(52)23-33-48(38,25-62-33)67-27(3)51/h8-22,31-33,35-38,40,52-53,60H,7,23-25H2,1-6H3,(H,50,58)/t31-,32-,33+,35-,36+,37+,38?,40-,47+,48-,49+/m0/s1. The molecule has 356 valence electrons. The molecule has 1 aliphatic heterocycles. The number of benzene rings is 3. The van der Waals surface area contributed by atoms with E-state index in [0.29, 0.717) is 0 Å². The topological polar surface area (TPSA) is 257 Å². The molecule has 3 aliphatic carbocycles. The van der Waals surface area contributed by atoms with Gasteiger partial charge in [0.1, 0.15) is 23.9 Å². The van der Waals surface area contributed by atoms with Crippen LogP contribution in [0.25, 0.3) is 0 Å². The number of aliphatic hydroxyl groups is 3. The number of aliphatic hydroxyl groups excluding tert-OH is 2. The lowest BCUT2D eigenvalue weighted by molar-refractivity contribution is -0.346.